The van der Waals surface area contributed by atoms with Crippen molar-refractivity contribution in [2.45, 2.75) is 32.3 Å². The van der Waals surface area contributed by atoms with Gasteiger partial charge in [0.15, 0.2) is 11.5 Å². The number of benzene rings is 2. The summed E-state index contributed by atoms with van der Waals surface area (Å²) in [6.45, 7) is 6.46. The molecule has 0 bridgehead atoms. The molecule has 1 unspecified atom stereocenters. The van der Waals surface area contributed by atoms with E-state index in [1.54, 1.807) is 18.2 Å². The third kappa shape index (κ3) is 5.44. The summed E-state index contributed by atoms with van der Waals surface area (Å²) in [6.07, 6.45) is 0.745. The Kier molecular flexibility index (Phi) is 6.26. The lowest BCUT2D eigenvalue weighted by atomic mass is 9.87. The fraction of sp³-hybridized carbons (Fsp3) is 0.409. The van der Waals surface area contributed by atoms with Crippen LogP contribution in [0.25, 0.3) is 0 Å². The van der Waals surface area contributed by atoms with Crippen LogP contribution in [0.5, 0.6) is 11.5 Å². The molecule has 0 aliphatic carbocycles. The average Bonchev–Trinajstić information content (AvgIpc) is 2.69. The van der Waals surface area contributed by atoms with Gasteiger partial charge in [-0.2, -0.15) is 0 Å². The number of hydrogen-bond donors (Lipinski definition) is 1. The quantitative estimate of drug-likeness (QED) is 0.759. The lowest BCUT2D eigenvalue weighted by Crippen LogP contribution is -2.45. The van der Waals surface area contributed by atoms with E-state index < -0.39 is 15.9 Å². The summed E-state index contributed by atoms with van der Waals surface area (Å²) in [5.74, 6) is 0.879. The predicted octanol–water partition coefficient (Wildman–Crippen LogP) is 2.71. The summed E-state index contributed by atoms with van der Waals surface area (Å²) in [5, 5.41) is 2.74. The lowest BCUT2D eigenvalue weighted by Gasteiger charge is -2.27. The van der Waals surface area contributed by atoms with Gasteiger partial charge in [-0.05, 0) is 35.2 Å². The number of carbonyl (C=O) groups excluding carboxylic acids is 1. The third-order valence-electron chi connectivity index (χ3n) is 4.80. The monoisotopic (exact) mass is 432 g/mol. The molecule has 1 aliphatic heterocycles. The average molecular weight is 433 g/mol. The fourth-order valence-electron chi connectivity index (χ4n) is 3.11. The highest BCUT2D eigenvalue weighted by Gasteiger charge is 2.24. The summed E-state index contributed by atoms with van der Waals surface area (Å²) < 4.78 is 37.1. The number of sulfonamides is 1. The molecular formula is C22H28N2O5S. The molecule has 8 heteroatoms. The Bertz CT molecular complexity index is 997. The number of nitrogens with zero attached hydrogens (tertiary/aromatic N) is 1. The number of amides is 1. The van der Waals surface area contributed by atoms with E-state index in [0.717, 1.165) is 16.1 Å². The van der Waals surface area contributed by atoms with Crippen molar-refractivity contribution in [3.05, 3.63) is 54.1 Å². The van der Waals surface area contributed by atoms with Crippen LogP contribution in [0.4, 0.5) is 5.69 Å². The standard InChI is InChI=1S/C22H28N2O5S/c1-22(2,3)16-9-11-17(12-10-16)24(30(4,26)27)14-21(25)23-13-18-15-28-19-7-5-6-8-20(19)29-18/h5-12,18H,13-15H2,1-4H3,(H,23,25). The third-order valence-corrected chi connectivity index (χ3v) is 5.94. The molecule has 1 aliphatic rings. The molecule has 0 spiro atoms. The normalized spacial score (nSPS) is 16.1. The highest BCUT2D eigenvalue weighted by Crippen LogP contribution is 2.30. The molecule has 30 heavy (non-hydrogen) atoms. The van der Waals surface area contributed by atoms with Crippen LogP contribution < -0.4 is 19.1 Å². The molecule has 0 saturated carbocycles. The molecule has 162 valence electrons. The van der Waals surface area contributed by atoms with Gasteiger partial charge in [-0.3, -0.25) is 9.10 Å². The molecule has 1 amide bonds. The predicted molar refractivity (Wildman–Crippen MR) is 117 cm³/mol. The molecule has 0 saturated heterocycles. The van der Waals surface area contributed by atoms with E-state index in [4.69, 9.17) is 9.47 Å². The van der Waals surface area contributed by atoms with Gasteiger partial charge >= 0.3 is 0 Å². The van der Waals surface area contributed by atoms with Gasteiger partial charge < -0.3 is 14.8 Å². The maximum Gasteiger partial charge on any atom is 0.240 e. The largest absolute Gasteiger partial charge is 0.486 e. The molecule has 2 aromatic rings. The first kappa shape index (κ1) is 22.0. The first-order valence-electron chi connectivity index (χ1n) is 9.77. The SMILES string of the molecule is CC(C)(C)c1ccc(N(CC(=O)NCC2COc3ccccc3O2)S(C)(=O)=O)cc1. The van der Waals surface area contributed by atoms with E-state index in [1.807, 2.05) is 30.3 Å². The van der Waals surface area contributed by atoms with Crippen molar-refractivity contribution in [1.82, 2.24) is 5.32 Å². The zero-order valence-corrected chi connectivity index (χ0v) is 18.5. The number of rotatable bonds is 6. The zero-order valence-electron chi connectivity index (χ0n) is 17.7. The van der Waals surface area contributed by atoms with Gasteiger partial charge in [-0.1, -0.05) is 45.0 Å². The van der Waals surface area contributed by atoms with E-state index in [2.05, 4.69) is 26.1 Å². The van der Waals surface area contributed by atoms with Gasteiger partial charge in [0.25, 0.3) is 0 Å². The minimum Gasteiger partial charge on any atom is -0.486 e. The molecule has 3 rings (SSSR count). The van der Waals surface area contributed by atoms with Crippen molar-refractivity contribution in [2.24, 2.45) is 0 Å². The van der Waals surface area contributed by atoms with Crippen LogP contribution in [0, 0.1) is 0 Å². The van der Waals surface area contributed by atoms with E-state index in [1.165, 1.54) is 0 Å². The summed E-state index contributed by atoms with van der Waals surface area (Å²) in [5.41, 5.74) is 1.48. The van der Waals surface area contributed by atoms with Crippen molar-refractivity contribution >= 4 is 21.6 Å². The molecule has 0 fully saturated rings. The Morgan fingerprint density at radius 3 is 2.33 bits per heavy atom. The number of fused-ring (bicyclic) bond motifs is 1. The zero-order chi connectivity index (χ0) is 21.9. The van der Waals surface area contributed by atoms with Crippen molar-refractivity contribution in [3.63, 3.8) is 0 Å². The van der Waals surface area contributed by atoms with Gasteiger partial charge in [-0.15, -0.1) is 0 Å². The van der Waals surface area contributed by atoms with E-state index in [-0.39, 0.29) is 24.6 Å². The smallest absolute Gasteiger partial charge is 0.240 e. The van der Waals surface area contributed by atoms with E-state index in [0.29, 0.717) is 23.8 Å². The second-order valence-electron chi connectivity index (χ2n) is 8.37. The first-order chi connectivity index (χ1) is 14.0. The minimum atomic E-state index is -3.63. The van der Waals surface area contributed by atoms with Gasteiger partial charge in [-0.25, -0.2) is 8.42 Å². The number of carbonyl (C=O) groups is 1. The summed E-state index contributed by atoms with van der Waals surface area (Å²) in [4.78, 5) is 12.5. The van der Waals surface area contributed by atoms with Crippen molar-refractivity contribution in [3.8, 4) is 11.5 Å². The maximum atomic E-state index is 12.5. The van der Waals surface area contributed by atoms with Crippen LogP contribution >= 0.6 is 0 Å². The second kappa shape index (κ2) is 8.55. The molecule has 0 aromatic heterocycles. The van der Waals surface area contributed by atoms with E-state index >= 15 is 0 Å². The van der Waals surface area contributed by atoms with Crippen LogP contribution in [0.1, 0.15) is 26.3 Å². The Balaban J connectivity index is 1.62. The van der Waals surface area contributed by atoms with Crippen LogP contribution in [0.15, 0.2) is 48.5 Å². The van der Waals surface area contributed by atoms with Crippen LogP contribution in [0.3, 0.4) is 0 Å². The molecule has 1 atom stereocenters. The van der Waals surface area contributed by atoms with Gasteiger partial charge in [0.2, 0.25) is 15.9 Å². The number of para-hydroxylation sites is 2. The molecule has 1 heterocycles. The molecular weight excluding hydrogens is 404 g/mol. The van der Waals surface area contributed by atoms with Gasteiger partial charge in [0.1, 0.15) is 19.3 Å². The summed E-state index contributed by atoms with van der Waals surface area (Å²) in [6, 6.07) is 14.5. The molecule has 7 nitrogen and oxygen atoms in total. The number of nitrogens with one attached hydrogen (secondary N) is 1. The van der Waals surface area contributed by atoms with Gasteiger partial charge in [0.05, 0.1) is 18.5 Å². The Morgan fingerprint density at radius 2 is 1.73 bits per heavy atom. The fourth-order valence-corrected chi connectivity index (χ4v) is 3.96. The van der Waals surface area contributed by atoms with Crippen LogP contribution in [0.2, 0.25) is 0 Å². The minimum absolute atomic E-state index is 0.0491. The maximum absolute atomic E-state index is 12.5. The van der Waals surface area contributed by atoms with Crippen LogP contribution in [-0.2, 0) is 20.2 Å². The number of anilines is 1. The van der Waals surface area contributed by atoms with Crippen molar-refractivity contribution < 1.29 is 22.7 Å². The first-order valence-corrected chi connectivity index (χ1v) is 11.6. The summed E-state index contributed by atoms with van der Waals surface area (Å²) >= 11 is 0. The number of ether oxygens (including phenoxy) is 2. The van der Waals surface area contributed by atoms with Gasteiger partial charge in [0, 0.05) is 0 Å². The van der Waals surface area contributed by atoms with Crippen molar-refractivity contribution in [2.75, 3.05) is 30.3 Å². The van der Waals surface area contributed by atoms with Crippen LogP contribution in [-0.4, -0.2) is 46.4 Å². The topological polar surface area (TPSA) is 84.9 Å². The van der Waals surface area contributed by atoms with E-state index in [9.17, 15) is 13.2 Å². The highest BCUT2D eigenvalue weighted by atomic mass is 32.2. The number of hydrogen-bond acceptors (Lipinski definition) is 5. The van der Waals surface area contributed by atoms with Crippen molar-refractivity contribution in [1.29, 1.82) is 0 Å². The molecule has 2 aromatic carbocycles. The molecule has 1 N–H and O–H groups in total. The Labute approximate surface area is 178 Å². The highest BCUT2D eigenvalue weighted by molar-refractivity contribution is 7.92. The summed E-state index contributed by atoms with van der Waals surface area (Å²) in [7, 11) is -3.63. The Morgan fingerprint density at radius 1 is 1.10 bits per heavy atom. The Hall–Kier alpha value is -2.74. The lowest BCUT2D eigenvalue weighted by molar-refractivity contribution is -0.120. The molecule has 0 radical (unpaired) electrons. The second-order valence-corrected chi connectivity index (χ2v) is 10.3.